The van der Waals surface area contributed by atoms with Crippen molar-refractivity contribution < 1.29 is 4.79 Å². The Hall–Kier alpha value is -3.02. The highest BCUT2D eigenvalue weighted by Gasteiger charge is 2.07. The summed E-state index contributed by atoms with van der Waals surface area (Å²) >= 11 is 0. The molecule has 0 atom stereocenters. The number of aromatic amines is 1. The van der Waals surface area contributed by atoms with Crippen molar-refractivity contribution in [1.29, 1.82) is 0 Å². The summed E-state index contributed by atoms with van der Waals surface area (Å²) in [6.07, 6.45) is 9.74. The van der Waals surface area contributed by atoms with Crippen LogP contribution >= 0.6 is 0 Å². The summed E-state index contributed by atoms with van der Waals surface area (Å²) in [6, 6.07) is 3.75. The van der Waals surface area contributed by atoms with Gasteiger partial charge in [0.05, 0.1) is 11.9 Å². The number of primary amides is 1. The van der Waals surface area contributed by atoms with Gasteiger partial charge in [-0.1, -0.05) is 0 Å². The third kappa shape index (κ3) is 2.26. The molecular formula is C14H11N5O. The van der Waals surface area contributed by atoms with E-state index in [1.165, 1.54) is 6.08 Å². The van der Waals surface area contributed by atoms with Gasteiger partial charge in [0.2, 0.25) is 5.91 Å². The lowest BCUT2D eigenvalue weighted by Gasteiger charge is -1.99. The van der Waals surface area contributed by atoms with Crippen LogP contribution in [-0.2, 0) is 4.79 Å². The first-order chi connectivity index (χ1) is 9.74. The van der Waals surface area contributed by atoms with E-state index in [-0.39, 0.29) is 0 Å². The van der Waals surface area contributed by atoms with Gasteiger partial charge in [-0.2, -0.15) is 0 Å². The number of hydrogen-bond donors (Lipinski definition) is 2. The molecule has 0 aliphatic heterocycles. The van der Waals surface area contributed by atoms with Gasteiger partial charge in [-0.25, -0.2) is 9.97 Å². The minimum Gasteiger partial charge on any atom is -0.366 e. The third-order valence-corrected chi connectivity index (χ3v) is 2.79. The Morgan fingerprint density at radius 1 is 1.35 bits per heavy atom. The number of fused-ring (bicyclic) bond motifs is 1. The second-order valence-electron chi connectivity index (χ2n) is 4.17. The number of nitrogens with zero attached hydrogens (tertiary/aromatic N) is 3. The van der Waals surface area contributed by atoms with Crippen LogP contribution in [0.4, 0.5) is 0 Å². The Bertz CT molecular complexity index is 792. The summed E-state index contributed by atoms with van der Waals surface area (Å²) in [7, 11) is 0. The molecule has 0 saturated heterocycles. The van der Waals surface area contributed by atoms with Crippen molar-refractivity contribution in [3.05, 3.63) is 48.6 Å². The summed E-state index contributed by atoms with van der Waals surface area (Å²) in [4.78, 5) is 26.7. The van der Waals surface area contributed by atoms with Gasteiger partial charge in [0.25, 0.3) is 0 Å². The topological polar surface area (TPSA) is 97.6 Å². The molecule has 3 aromatic heterocycles. The van der Waals surface area contributed by atoms with Gasteiger partial charge in [-0.05, 0) is 18.2 Å². The van der Waals surface area contributed by atoms with E-state index in [0.717, 1.165) is 16.8 Å². The van der Waals surface area contributed by atoms with E-state index in [1.54, 1.807) is 30.9 Å². The molecule has 3 rings (SSSR count). The lowest BCUT2D eigenvalue weighted by atomic mass is 10.2. The predicted molar refractivity (Wildman–Crippen MR) is 75.3 cm³/mol. The van der Waals surface area contributed by atoms with Gasteiger partial charge in [-0.15, -0.1) is 0 Å². The maximum absolute atomic E-state index is 10.8. The van der Waals surface area contributed by atoms with Gasteiger partial charge >= 0.3 is 0 Å². The summed E-state index contributed by atoms with van der Waals surface area (Å²) in [5.74, 6) is -0.504. The number of amides is 1. The molecule has 20 heavy (non-hydrogen) atoms. The Labute approximate surface area is 114 Å². The predicted octanol–water partition coefficient (Wildman–Crippen LogP) is 1.52. The Morgan fingerprint density at radius 3 is 3.00 bits per heavy atom. The van der Waals surface area contributed by atoms with Crippen molar-refractivity contribution in [2.75, 3.05) is 0 Å². The summed E-state index contributed by atoms with van der Waals surface area (Å²) in [5.41, 5.74) is 8.80. The average molecular weight is 265 g/mol. The summed E-state index contributed by atoms with van der Waals surface area (Å²) in [5, 5.41) is 0. The summed E-state index contributed by atoms with van der Waals surface area (Å²) < 4.78 is 0. The molecule has 0 aliphatic carbocycles. The van der Waals surface area contributed by atoms with Crippen LogP contribution in [0.5, 0.6) is 0 Å². The highest BCUT2D eigenvalue weighted by Crippen LogP contribution is 2.20. The highest BCUT2D eigenvalue weighted by molar-refractivity contribution is 5.93. The van der Waals surface area contributed by atoms with E-state index in [1.807, 2.05) is 12.1 Å². The zero-order chi connectivity index (χ0) is 13.9. The molecule has 6 nitrogen and oxygen atoms in total. The number of nitrogens with two attached hydrogens (primary N) is 1. The van der Waals surface area contributed by atoms with Crippen molar-refractivity contribution in [3.8, 4) is 11.3 Å². The van der Waals surface area contributed by atoms with Crippen molar-refractivity contribution in [2.24, 2.45) is 5.73 Å². The zero-order valence-corrected chi connectivity index (χ0v) is 10.4. The smallest absolute Gasteiger partial charge is 0.241 e. The maximum Gasteiger partial charge on any atom is 0.241 e. The van der Waals surface area contributed by atoms with Crippen LogP contribution in [0.15, 0.2) is 43.0 Å². The van der Waals surface area contributed by atoms with Gasteiger partial charge < -0.3 is 10.7 Å². The van der Waals surface area contributed by atoms with E-state index in [2.05, 4.69) is 19.9 Å². The largest absolute Gasteiger partial charge is 0.366 e. The Balaban J connectivity index is 2.10. The van der Waals surface area contributed by atoms with Crippen LogP contribution in [0, 0.1) is 0 Å². The van der Waals surface area contributed by atoms with E-state index in [4.69, 9.17) is 5.73 Å². The molecule has 0 aromatic carbocycles. The van der Waals surface area contributed by atoms with Gasteiger partial charge in [-0.3, -0.25) is 9.78 Å². The Kier molecular flexibility index (Phi) is 2.96. The first kappa shape index (κ1) is 12.0. The molecular weight excluding hydrogens is 254 g/mol. The fourth-order valence-corrected chi connectivity index (χ4v) is 1.86. The molecule has 3 N–H and O–H groups in total. The van der Waals surface area contributed by atoms with Crippen molar-refractivity contribution in [3.63, 3.8) is 0 Å². The highest BCUT2D eigenvalue weighted by atomic mass is 16.1. The molecule has 3 heterocycles. The molecule has 0 unspecified atom stereocenters. The molecule has 98 valence electrons. The summed E-state index contributed by atoms with van der Waals surface area (Å²) in [6.45, 7) is 0. The molecule has 3 aromatic rings. The Morgan fingerprint density at radius 2 is 2.25 bits per heavy atom. The molecule has 0 saturated carbocycles. The van der Waals surface area contributed by atoms with E-state index in [9.17, 15) is 4.79 Å². The van der Waals surface area contributed by atoms with Gasteiger partial charge in [0, 0.05) is 35.8 Å². The average Bonchev–Trinajstić information content (AvgIpc) is 2.88. The minimum atomic E-state index is -0.504. The number of carbonyl (C=O) groups excluding carboxylic acids is 1. The standard InChI is InChI=1S/C14H11N5O/c15-12(20)4-3-10-7-17-14-13(10)19-11(8-18-14)9-2-1-5-16-6-9/h1-8H,(H2,15,20)(H,17,18). The van der Waals surface area contributed by atoms with Crippen LogP contribution in [-0.4, -0.2) is 25.8 Å². The van der Waals surface area contributed by atoms with E-state index >= 15 is 0 Å². The fraction of sp³-hybridized carbons (Fsp3) is 0. The molecule has 0 radical (unpaired) electrons. The quantitative estimate of drug-likeness (QED) is 0.701. The van der Waals surface area contributed by atoms with E-state index in [0.29, 0.717) is 11.2 Å². The molecule has 0 aliphatic rings. The van der Waals surface area contributed by atoms with Crippen molar-refractivity contribution in [2.45, 2.75) is 0 Å². The van der Waals surface area contributed by atoms with Crippen LogP contribution in [0.1, 0.15) is 5.56 Å². The lowest BCUT2D eigenvalue weighted by molar-refractivity contribution is -0.113. The fourth-order valence-electron chi connectivity index (χ4n) is 1.86. The number of nitrogens with one attached hydrogen (secondary N) is 1. The van der Waals surface area contributed by atoms with Crippen molar-refractivity contribution >= 4 is 23.1 Å². The number of pyridine rings is 1. The van der Waals surface area contributed by atoms with E-state index < -0.39 is 5.91 Å². The number of aromatic nitrogens is 4. The zero-order valence-electron chi connectivity index (χ0n) is 10.4. The molecule has 0 fully saturated rings. The first-order valence-electron chi connectivity index (χ1n) is 5.96. The maximum atomic E-state index is 10.8. The molecule has 6 heteroatoms. The van der Waals surface area contributed by atoms with Crippen LogP contribution in [0.2, 0.25) is 0 Å². The minimum absolute atomic E-state index is 0.504. The van der Waals surface area contributed by atoms with Crippen LogP contribution in [0.25, 0.3) is 28.5 Å². The number of rotatable bonds is 3. The van der Waals surface area contributed by atoms with Crippen LogP contribution < -0.4 is 5.73 Å². The lowest BCUT2D eigenvalue weighted by Crippen LogP contribution is -2.05. The molecule has 0 spiro atoms. The number of hydrogen-bond acceptors (Lipinski definition) is 4. The van der Waals surface area contributed by atoms with Crippen molar-refractivity contribution in [1.82, 2.24) is 19.9 Å². The second kappa shape index (κ2) is 4.93. The SMILES string of the molecule is NC(=O)C=Cc1c[nH]c2ncc(-c3cccnc3)nc12. The number of H-pyrrole nitrogens is 1. The first-order valence-corrected chi connectivity index (χ1v) is 5.96. The second-order valence-corrected chi connectivity index (χ2v) is 4.17. The molecule has 0 bridgehead atoms. The normalized spacial score (nSPS) is 11.2. The monoisotopic (exact) mass is 265 g/mol. The van der Waals surface area contributed by atoms with Crippen LogP contribution in [0.3, 0.4) is 0 Å². The third-order valence-electron chi connectivity index (χ3n) is 2.79. The number of carbonyl (C=O) groups is 1. The van der Waals surface area contributed by atoms with Gasteiger partial charge in [0.1, 0.15) is 5.52 Å². The molecule has 1 amide bonds. The van der Waals surface area contributed by atoms with Gasteiger partial charge in [0.15, 0.2) is 5.65 Å².